The summed E-state index contributed by atoms with van der Waals surface area (Å²) in [4.78, 5) is 4.43. The maximum absolute atomic E-state index is 4.43. The van der Waals surface area contributed by atoms with Gasteiger partial charge in [0.15, 0.2) is 6.34 Å². The van der Waals surface area contributed by atoms with E-state index in [1.165, 1.54) is 116 Å². The number of rotatable bonds is 20. The third kappa shape index (κ3) is 14.9. The number of unbranched alkanes of at least 4 members (excludes halogenated alkanes) is 12. The molecule has 1 rings (SSSR count). The zero-order valence-electron chi connectivity index (χ0n) is 20.5. The third-order valence-electron chi connectivity index (χ3n) is 6.46. The molecular weight excluding hydrogens is 352 g/mol. The van der Waals surface area contributed by atoms with E-state index in [1.54, 1.807) is 0 Å². The van der Waals surface area contributed by atoms with Crippen LogP contribution < -0.4 is 0 Å². The Hall–Kier alpha value is -0.630. The molecule has 0 aliphatic carbocycles. The van der Waals surface area contributed by atoms with Crippen LogP contribution in [0.2, 0.25) is 0 Å². The van der Waals surface area contributed by atoms with E-state index < -0.39 is 0 Å². The van der Waals surface area contributed by atoms with Gasteiger partial charge in [-0.25, -0.2) is 4.99 Å². The zero-order chi connectivity index (χ0) is 21.2. The SMILES string of the molecule is CC(C)CCCCCCCCC[N+]1(CCCCCCCCCC(C)C)C=CN=C1. The van der Waals surface area contributed by atoms with Gasteiger partial charge in [-0.3, -0.25) is 4.48 Å². The van der Waals surface area contributed by atoms with E-state index in [2.05, 4.69) is 45.2 Å². The largest absolute Gasteiger partial charge is 0.254 e. The van der Waals surface area contributed by atoms with Crippen LogP contribution in [0.3, 0.4) is 0 Å². The topological polar surface area (TPSA) is 12.4 Å². The summed E-state index contributed by atoms with van der Waals surface area (Å²) in [5, 5.41) is 0. The quantitative estimate of drug-likeness (QED) is 0.142. The Morgan fingerprint density at radius 3 is 1.28 bits per heavy atom. The van der Waals surface area contributed by atoms with E-state index in [4.69, 9.17) is 0 Å². The maximum Gasteiger partial charge on any atom is 0.194 e. The summed E-state index contributed by atoms with van der Waals surface area (Å²) in [5.74, 6) is 1.75. The molecule has 0 amide bonds. The maximum atomic E-state index is 4.43. The van der Waals surface area contributed by atoms with Gasteiger partial charge in [-0.1, -0.05) is 105 Å². The van der Waals surface area contributed by atoms with Crippen molar-refractivity contribution in [3.8, 4) is 0 Å². The molecule has 1 aliphatic heterocycles. The summed E-state index contributed by atoms with van der Waals surface area (Å²) >= 11 is 0. The third-order valence-corrected chi connectivity index (χ3v) is 6.46. The molecule has 170 valence electrons. The molecule has 0 unspecified atom stereocenters. The van der Waals surface area contributed by atoms with Gasteiger partial charge in [0.1, 0.15) is 6.20 Å². The fraction of sp³-hybridized carbons (Fsp3) is 0.889. The van der Waals surface area contributed by atoms with E-state index in [1.807, 2.05) is 6.20 Å². The highest BCUT2D eigenvalue weighted by atomic mass is 15.4. The number of nitrogens with zero attached hydrogens (tertiary/aromatic N) is 2. The van der Waals surface area contributed by atoms with Crippen LogP contribution in [0.5, 0.6) is 0 Å². The molecule has 0 saturated heterocycles. The van der Waals surface area contributed by atoms with Gasteiger partial charge >= 0.3 is 0 Å². The van der Waals surface area contributed by atoms with Gasteiger partial charge in [0.05, 0.1) is 19.3 Å². The van der Waals surface area contributed by atoms with Crippen LogP contribution >= 0.6 is 0 Å². The van der Waals surface area contributed by atoms with E-state index >= 15 is 0 Å². The van der Waals surface area contributed by atoms with Crippen molar-refractivity contribution in [2.24, 2.45) is 16.8 Å². The second kappa shape index (κ2) is 17.1. The standard InChI is InChI=1S/C27H53N2/c1-26(2)19-15-11-7-5-9-13-17-22-29(24-21-28-25-29)23-18-14-10-6-8-12-16-20-27(3)4/h21,24-27H,5-20,22-23H2,1-4H3/q+1. The van der Waals surface area contributed by atoms with E-state index in [9.17, 15) is 0 Å². The normalized spacial score (nSPS) is 15.2. The molecule has 0 spiro atoms. The predicted octanol–water partition coefficient (Wildman–Crippen LogP) is 8.87. The highest BCUT2D eigenvalue weighted by molar-refractivity contribution is 5.50. The minimum atomic E-state index is 0.875. The molecule has 0 radical (unpaired) electrons. The molecule has 1 aliphatic rings. The summed E-state index contributed by atoms with van der Waals surface area (Å²) in [7, 11) is 0. The van der Waals surface area contributed by atoms with Crippen molar-refractivity contribution in [1.29, 1.82) is 0 Å². The lowest BCUT2D eigenvalue weighted by Crippen LogP contribution is -2.41. The van der Waals surface area contributed by atoms with Crippen molar-refractivity contribution in [3.05, 3.63) is 12.4 Å². The second-order valence-electron chi connectivity index (χ2n) is 10.4. The van der Waals surface area contributed by atoms with Crippen molar-refractivity contribution in [2.45, 2.75) is 130 Å². The first-order chi connectivity index (χ1) is 14.0. The lowest BCUT2D eigenvalue weighted by atomic mass is 10.0. The summed E-state index contributed by atoms with van der Waals surface area (Å²) in [6.45, 7) is 11.9. The average Bonchev–Trinajstić information content (AvgIpc) is 3.14. The van der Waals surface area contributed by atoms with Gasteiger partial charge in [0, 0.05) is 0 Å². The molecule has 0 atom stereocenters. The average molecular weight is 406 g/mol. The first-order valence-corrected chi connectivity index (χ1v) is 13.1. The van der Waals surface area contributed by atoms with E-state index in [0.717, 1.165) is 16.3 Å². The van der Waals surface area contributed by atoms with Crippen LogP contribution in [0.4, 0.5) is 0 Å². The number of hydrogen-bond donors (Lipinski definition) is 0. The Bertz CT molecular complexity index is 382. The molecule has 0 aromatic carbocycles. The molecule has 2 nitrogen and oxygen atoms in total. The Balaban J connectivity index is 2.00. The Kier molecular flexibility index (Phi) is 15.6. The second-order valence-corrected chi connectivity index (χ2v) is 10.4. The summed E-state index contributed by atoms with van der Waals surface area (Å²) in [6, 6.07) is 0. The highest BCUT2D eigenvalue weighted by Gasteiger charge is 2.24. The molecule has 0 fully saturated rings. The molecule has 2 heteroatoms. The van der Waals surface area contributed by atoms with Crippen LogP contribution in [0.25, 0.3) is 0 Å². The minimum absolute atomic E-state index is 0.875. The lowest BCUT2D eigenvalue weighted by Gasteiger charge is -2.27. The molecular formula is C27H53N2+. The van der Waals surface area contributed by atoms with E-state index in [-0.39, 0.29) is 0 Å². The van der Waals surface area contributed by atoms with Crippen LogP contribution in [-0.2, 0) is 0 Å². The van der Waals surface area contributed by atoms with Crippen LogP contribution in [0, 0.1) is 11.8 Å². The molecule has 0 saturated carbocycles. The fourth-order valence-electron chi connectivity index (χ4n) is 4.44. The van der Waals surface area contributed by atoms with Crippen molar-refractivity contribution in [3.63, 3.8) is 0 Å². The molecule has 0 N–H and O–H groups in total. The summed E-state index contributed by atoms with van der Waals surface area (Å²) in [5.41, 5.74) is 0. The van der Waals surface area contributed by atoms with Crippen molar-refractivity contribution >= 4 is 6.34 Å². The van der Waals surface area contributed by atoms with Gasteiger partial charge in [0.25, 0.3) is 0 Å². The Labute approximate surface area is 183 Å². The van der Waals surface area contributed by atoms with Gasteiger partial charge in [0.2, 0.25) is 0 Å². The van der Waals surface area contributed by atoms with Gasteiger partial charge in [-0.2, -0.15) is 0 Å². The molecule has 0 aromatic heterocycles. The lowest BCUT2D eigenvalue weighted by molar-refractivity contribution is -0.780. The zero-order valence-corrected chi connectivity index (χ0v) is 20.5. The predicted molar refractivity (Wildman–Crippen MR) is 131 cm³/mol. The van der Waals surface area contributed by atoms with Gasteiger partial charge < -0.3 is 0 Å². The fourth-order valence-corrected chi connectivity index (χ4v) is 4.44. The molecule has 0 aromatic rings. The van der Waals surface area contributed by atoms with E-state index in [0.29, 0.717) is 0 Å². The van der Waals surface area contributed by atoms with Crippen LogP contribution in [0.1, 0.15) is 130 Å². The summed E-state index contributed by atoms with van der Waals surface area (Å²) < 4.78 is 1.02. The summed E-state index contributed by atoms with van der Waals surface area (Å²) in [6.07, 6.45) is 29.1. The van der Waals surface area contributed by atoms with Crippen LogP contribution in [0.15, 0.2) is 17.4 Å². The first kappa shape index (κ1) is 26.4. The molecule has 0 bridgehead atoms. The van der Waals surface area contributed by atoms with Crippen LogP contribution in [-0.4, -0.2) is 23.9 Å². The van der Waals surface area contributed by atoms with Crippen molar-refractivity contribution in [1.82, 2.24) is 0 Å². The minimum Gasteiger partial charge on any atom is -0.254 e. The Morgan fingerprint density at radius 2 is 0.931 bits per heavy atom. The first-order valence-electron chi connectivity index (χ1n) is 13.1. The molecule has 1 heterocycles. The number of quaternary nitrogens is 1. The number of aliphatic imine (C=N–C) groups is 1. The van der Waals surface area contributed by atoms with Gasteiger partial charge in [-0.15, -0.1) is 0 Å². The van der Waals surface area contributed by atoms with Gasteiger partial charge in [-0.05, 0) is 37.5 Å². The smallest absolute Gasteiger partial charge is 0.194 e. The monoisotopic (exact) mass is 405 g/mol. The highest BCUT2D eigenvalue weighted by Crippen LogP contribution is 2.18. The Morgan fingerprint density at radius 1 is 0.552 bits per heavy atom. The van der Waals surface area contributed by atoms with Crippen molar-refractivity contribution in [2.75, 3.05) is 13.1 Å². The molecule has 29 heavy (non-hydrogen) atoms. The number of hydrogen-bond acceptors (Lipinski definition) is 1. The van der Waals surface area contributed by atoms with Crippen molar-refractivity contribution < 1.29 is 4.48 Å².